The van der Waals surface area contributed by atoms with Crippen LogP contribution in [-0.4, -0.2) is 19.1 Å². The van der Waals surface area contributed by atoms with Gasteiger partial charge in [0.2, 0.25) is 0 Å². The molecule has 2 aliphatic rings. The predicted molar refractivity (Wildman–Crippen MR) is 147 cm³/mol. The molecule has 37 heavy (non-hydrogen) atoms. The summed E-state index contributed by atoms with van der Waals surface area (Å²) >= 11 is 0. The predicted octanol–water partition coefficient (Wildman–Crippen LogP) is 6.85. The van der Waals surface area contributed by atoms with Crippen LogP contribution in [0.25, 0.3) is 0 Å². The molecule has 0 amide bonds. The SMILES string of the molecule is CCN(CC)c1cc2c(cc1NNc1ccccc1)C1(OC(=O)c3ccccc31)c1cccc(C)c1O2. The number of hydrogen-bond donors (Lipinski definition) is 2. The summed E-state index contributed by atoms with van der Waals surface area (Å²) in [4.78, 5) is 15.5. The Labute approximate surface area is 216 Å². The van der Waals surface area contributed by atoms with Gasteiger partial charge in [-0.15, -0.1) is 0 Å². The van der Waals surface area contributed by atoms with Crippen LogP contribution in [0.1, 0.15) is 46.5 Å². The summed E-state index contributed by atoms with van der Waals surface area (Å²) in [7, 11) is 0. The first-order valence-electron chi connectivity index (χ1n) is 12.7. The van der Waals surface area contributed by atoms with Crippen molar-refractivity contribution in [2.75, 3.05) is 28.8 Å². The molecule has 2 N–H and O–H groups in total. The second kappa shape index (κ2) is 8.89. The first kappa shape index (κ1) is 23.0. The third kappa shape index (κ3) is 3.51. The fraction of sp³-hybridized carbons (Fsp3) is 0.194. The van der Waals surface area contributed by atoms with E-state index in [0.29, 0.717) is 11.3 Å². The van der Waals surface area contributed by atoms with E-state index in [1.54, 1.807) is 0 Å². The van der Waals surface area contributed by atoms with Crippen LogP contribution in [0, 0.1) is 6.92 Å². The second-order valence-corrected chi connectivity index (χ2v) is 9.32. The lowest BCUT2D eigenvalue weighted by atomic mass is 9.77. The summed E-state index contributed by atoms with van der Waals surface area (Å²) in [5.74, 6) is 1.08. The van der Waals surface area contributed by atoms with Gasteiger partial charge in [0.1, 0.15) is 11.5 Å². The molecular formula is C31H29N3O3. The molecule has 0 aliphatic carbocycles. The zero-order valence-corrected chi connectivity index (χ0v) is 21.2. The molecule has 6 heteroatoms. The van der Waals surface area contributed by atoms with Crippen LogP contribution < -0.4 is 20.5 Å². The molecule has 0 radical (unpaired) electrons. The van der Waals surface area contributed by atoms with E-state index in [4.69, 9.17) is 9.47 Å². The minimum atomic E-state index is -1.10. The number of hydrazine groups is 1. The molecule has 4 aromatic rings. The van der Waals surface area contributed by atoms with Crippen molar-refractivity contribution in [3.8, 4) is 11.5 Å². The molecule has 0 saturated carbocycles. The molecule has 0 fully saturated rings. The molecule has 0 aromatic heterocycles. The molecule has 1 atom stereocenters. The quantitative estimate of drug-likeness (QED) is 0.227. The zero-order valence-electron chi connectivity index (χ0n) is 21.2. The monoisotopic (exact) mass is 491 g/mol. The highest BCUT2D eigenvalue weighted by Gasteiger charge is 2.54. The third-order valence-electron chi connectivity index (χ3n) is 7.27. The minimum Gasteiger partial charge on any atom is -0.456 e. The van der Waals surface area contributed by atoms with Gasteiger partial charge in [-0.25, -0.2) is 4.79 Å². The molecule has 1 unspecified atom stereocenters. The van der Waals surface area contributed by atoms with Crippen molar-refractivity contribution in [3.63, 3.8) is 0 Å². The molecule has 4 aromatic carbocycles. The highest BCUT2D eigenvalue weighted by molar-refractivity contribution is 5.97. The van der Waals surface area contributed by atoms with E-state index in [-0.39, 0.29) is 5.97 Å². The lowest BCUT2D eigenvalue weighted by Crippen LogP contribution is -2.34. The van der Waals surface area contributed by atoms with E-state index in [1.165, 1.54) is 0 Å². The van der Waals surface area contributed by atoms with Crippen LogP contribution >= 0.6 is 0 Å². The topological polar surface area (TPSA) is 62.8 Å². The van der Waals surface area contributed by atoms with Gasteiger partial charge >= 0.3 is 5.97 Å². The first-order chi connectivity index (χ1) is 18.1. The van der Waals surface area contributed by atoms with Gasteiger partial charge in [-0.1, -0.05) is 54.6 Å². The van der Waals surface area contributed by atoms with Gasteiger partial charge < -0.3 is 19.8 Å². The Kier molecular flexibility index (Phi) is 5.52. The number of para-hydroxylation sites is 2. The van der Waals surface area contributed by atoms with E-state index in [2.05, 4.69) is 41.7 Å². The van der Waals surface area contributed by atoms with Crippen molar-refractivity contribution in [2.45, 2.75) is 26.4 Å². The Morgan fingerprint density at radius 2 is 1.54 bits per heavy atom. The summed E-state index contributed by atoms with van der Waals surface area (Å²) in [6.07, 6.45) is 0. The number of hydrogen-bond acceptors (Lipinski definition) is 6. The van der Waals surface area contributed by atoms with Gasteiger partial charge in [-0.05, 0) is 50.6 Å². The Morgan fingerprint density at radius 3 is 2.32 bits per heavy atom. The maximum Gasteiger partial charge on any atom is 0.340 e. The average molecular weight is 492 g/mol. The second-order valence-electron chi connectivity index (χ2n) is 9.32. The fourth-order valence-electron chi connectivity index (χ4n) is 5.45. The normalized spacial score (nSPS) is 16.8. The largest absolute Gasteiger partial charge is 0.456 e. The van der Waals surface area contributed by atoms with E-state index >= 15 is 0 Å². The molecule has 6 nitrogen and oxygen atoms in total. The van der Waals surface area contributed by atoms with Crippen LogP contribution in [0.5, 0.6) is 11.5 Å². The van der Waals surface area contributed by atoms with Crippen molar-refractivity contribution >= 4 is 23.0 Å². The highest BCUT2D eigenvalue weighted by atomic mass is 16.6. The van der Waals surface area contributed by atoms with Crippen molar-refractivity contribution in [1.29, 1.82) is 0 Å². The summed E-state index contributed by atoms with van der Waals surface area (Å²) < 4.78 is 12.9. The Bertz CT molecular complexity index is 1500. The number of esters is 1. The standard InChI is InChI=1S/C31H29N3O3/c1-4-34(5-2)27-19-28-25(18-26(27)33-32-21-13-7-6-8-14-21)31(24-17-11-12-20(3)29(24)36-28)23-16-10-9-15-22(23)30(35)37-31/h6-19,32-33H,4-5H2,1-3H3. The van der Waals surface area contributed by atoms with Gasteiger partial charge in [-0.2, -0.15) is 0 Å². The highest BCUT2D eigenvalue weighted by Crippen LogP contribution is 2.58. The molecular weight excluding hydrogens is 462 g/mol. The van der Waals surface area contributed by atoms with Gasteiger partial charge in [-0.3, -0.25) is 5.43 Å². The number of aryl methyl sites for hydroxylation is 1. The number of nitrogens with zero attached hydrogens (tertiary/aromatic N) is 1. The summed E-state index contributed by atoms with van der Waals surface area (Å²) in [5, 5.41) is 0. The Hall–Kier alpha value is -4.45. The van der Waals surface area contributed by atoms with E-state index in [0.717, 1.165) is 58.2 Å². The molecule has 186 valence electrons. The van der Waals surface area contributed by atoms with Crippen LogP contribution in [0.2, 0.25) is 0 Å². The van der Waals surface area contributed by atoms with E-state index < -0.39 is 5.60 Å². The number of benzene rings is 4. The van der Waals surface area contributed by atoms with Crippen LogP contribution in [0.15, 0.2) is 84.9 Å². The molecule has 0 saturated heterocycles. The first-order valence-corrected chi connectivity index (χ1v) is 12.7. The average Bonchev–Trinajstić information content (AvgIpc) is 3.22. The maximum absolute atomic E-state index is 13.2. The molecule has 2 heterocycles. The maximum atomic E-state index is 13.2. The number of fused-ring (bicyclic) bond motifs is 6. The molecule has 0 bridgehead atoms. The van der Waals surface area contributed by atoms with Crippen LogP contribution in [-0.2, 0) is 10.3 Å². The number of anilines is 3. The van der Waals surface area contributed by atoms with Gasteiger partial charge in [0.05, 0.1) is 22.6 Å². The number of carbonyl (C=O) groups is 1. The van der Waals surface area contributed by atoms with E-state index in [1.807, 2.05) is 79.7 Å². The van der Waals surface area contributed by atoms with Crippen LogP contribution in [0.3, 0.4) is 0 Å². The fourth-order valence-corrected chi connectivity index (χ4v) is 5.45. The summed E-state index contributed by atoms with van der Waals surface area (Å²) in [5.41, 5.74) is 12.4. The number of rotatable bonds is 6. The van der Waals surface area contributed by atoms with Gasteiger partial charge in [0.15, 0.2) is 5.60 Å². The molecule has 1 spiro atoms. The van der Waals surface area contributed by atoms with Gasteiger partial charge in [0, 0.05) is 35.8 Å². The lowest BCUT2D eigenvalue weighted by Gasteiger charge is -2.38. The lowest BCUT2D eigenvalue weighted by molar-refractivity contribution is 0.0224. The van der Waals surface area contributed by atoms with E-state index in [9.17, 15) is 4.79 Å². The smallest absolute Gasteiger partial charge is 0.340 e. The number of ether oxygens (including phenoxy) is 2. The zero-order chi connectivity index (χ0) is 25.6. The van der Waals surface area contributed by atoms with Crippen molar-refractivity contribution in [2.24, 2.45) is 0 Å². The van der Waals surface area contributed by atoms with Crippen molar-refractivity contribution in [3.05, 3.63) is 113 Å². The number of carbonyl (C=O) groups excluding carboxylic acids is 1. The number of nitrogens with one attached hydrogen (secondary N) is 2. The Balaban J connectivity index is 1.59. The third-order valence-corrected chi connectivity index (χ3v) is 7.27. The minimum absolute atomic E-state index is 0.333. The van der Waals surface area contributed by atoms with Crippen molar-refractivity contribution < 1.29 is 14.3 Å². The Morgan fingerprint density at radius 1 is 0.811 bits per heavy atom. The van der Waals surface area contributed by atoms with Gasteiger partial charge in [0.25, 0.3) is 0 Å². The van der Waals surface area contributed by atoms with Crippen LogP contribution in [0.4, 0.5) is 17.1 Å². The molecule has 6 rings (SSSR count). The molecule has 2 aliphatic heterocycles. The summed E-state index contributed by atoms with van der Waals surface area (Å²) in [6, 6.07) is 27.7. The summed E-state index contributed by atoms with van der Waals surface area (Å²) in [6.45, 7) is 7.94. The van der Waals surface area contributed by atoms with Crippen molar-refractivity contribution in [1.82, 2.24) is 0 Å².